The van der Waals surface area contributed by atoms with Crippen LogP contribution in [0.5, 0.6) is 5.75 Å². The highest BCUT2D eigenvalue weighted by molar-refractivity contribution is 6.06. The maximum absolute atomic E-state index is 10.9. The van der Waals surface area contributed by atoms with Crippen LogP contribution in [0, 0.1) is 0 Å². The second-order valence-corrected chi connectivity index (χ2v) is 9.43. The Labute approximate surface area is 231 Å². The Morgan fingerprint density at radius 3 is 2.41 bits per heavy atom. The van der Waals surface area contributed by atoms with E-state index in [-0.39, 0.29) is 5.84 Å². The van der Waals surface area contributed by atoms with E-state index >= 15 is 0 Å². The van der Waals surface area contributed by atoms with Gasteiger partial charge in [-0.05, 0) is 53.8 Å². The molecular weight excluding hydrogens is 484 g/mol. The molecule has 6 heteroatoms. The molecule has 3 aromatic carbocycles. The van der Waals surface area contributed by atoms with Gasteiger partial charge in [0.05, 0.1) is 7.11 Å². The van der Waals surface area contributed by atoms with Gasteiger partial charge < -0.3 is 10.5 Å². The van der Waals surface area contributed by atoms with Crippen LogP contribution in [0.1, 0.15) is 50.7 Å². The average Bonchev–Trinajstić information content (AvgIpc) is 2.98. The number of nitrogens with two attached hydrogens (primary N) is 1. The fraction of sp³-hybridized carbons (Fsp3) is 0.242. The molecule has 39 heavy (non-hydrogen) atoms. The van der Waals surface area contributed by atoms with E-state index in [9.17, 15) is 4.79 Å². The van der Waals surface area contributed by atoms with Crippen molar-refractivity contribution in [1.82, 2.24) is 0 Å². The molecule has 4 rings (SSSR count). The Kier molecular flexibility index (Phi) is 9.10. The first-order chi connectivity index (χ1) is 19.0. The number of amides is 1. The maximum atomic E-state index is 10.9. The Balaban J connectivity index is 1.68. The summed E-state index contributed by atoms with van der Waals surface area (Å²) in [6.07, 6.45) is 5.10. The number of anilines is 1. The number of carbonyl (C=O) groups excluding carboxylic acids is 1. The summed E-state index contributed by atoms with van der Waals surface area (Å²) in [5.41, 5.74) is 14.2. The molecule has 0 unspecified atom stereocenters. The van der Waals surface area contributed by atoms with Crippen LogP contribution in [0.25, 0.3) is 11.1 Å². The van der Waals surface area contributed by atoms with Crippen LogP contribution >= 0.6 is 0 Å². The van der Waals surface area contributed by atoms with Crippen LogP contribution < -0.4 is 15.4 Å². The number of benzene rings is 3. The molecule has 2 N–H and O–H groups in total. The van der Waals surface area contributed by atoms with E-state index in [2.05, 4.69) is 66.7 Å². The van der Waals surface area contributed by atoms with E-state index in [1.54, 1.807) is 7.11 Å². The number of rotatable bonds is 11. The second kappa shape index (κ2) is 12.9. The number of carbonyl (C=O) groups is 1. The summed E-state index contributed by atoms with van der Waals surface area (Å²) in [7, 11) is 1.67. The number of ether oxygens (including phenoxy) is 1. The van der Waals surface area contributed by atoms with Gasteiger partial charge in [-0.25, -0.2) is 4.99 Å². The molecule has 200 valence electrons. The van der Waals surface area contributed by atoms with Crippen molar-refractivity contribution in [2.24, 2.45) is 15.7 Å². The van der Waals surface area contributed by atoms with Crippen LogP contribution in [0.2, 0.25) is 0 Å². The molecule has 0 aromatic heterocycles. The number of amidine groups is 2. The highest BCUT2D eigenvalue weighted by atomic mass is 16.5. The molecule has 0 radical (unpaired) electrons. The lowest BCUT2D eigenvalue weighted by atomic mass is 9.93. The summed E-state index contributed by atoms with van der Waals surface area (Å²) < 4.78 is 5.36. The molecular formula is C33H36N4O2. The Morgan fingerprint density at radius 2 is 1.77 bits per heavy atom. The predicted octanol–water partition coefficient (Wildman–Crippen LogP) is 7.05. The molecule has 1 amide bonds. The summed E-state index contributed by atoms with van der Waals surface area (Å²) in [4.78, 5) is 21.9. The van der Waals surface area contributed by atoms with Crippen molar-refractivity contribution in [2.45, 2.75) is 46.0 Å². The van der Waals surface area contributed by atoms with E-state index in [1.807, 2.05) is 36.4 Å². The standard InChI is InChI=1S/C33H36N4O2/c1-5-7-12-31-30(23(3)37(32(6-2)36-31)26-17-19-27(39-4)20-18-26)21-24-13-15-25(16-14-24)28-10-8-9-11-29(28)33(34)35-22-38/h8-11,13-20,22H,3,5-7,12,21H2,1-2,4H3,(H2,34,35,38). The highest BCUT2D eigenvalue weighted by Crippen LogP contribution is 2.35. The second-order valence-electron chi connectivity index (χ2n) is 9.43. The molecule has 0 fully saturated rings. The van der Waals surface area contributed by atoms with Crippen LogP contribution in [0.3, 0.4) is 0 Å². The van der Waals surface area contributed by atoms with Crippen molar-refractivity contribution in [3.63, 3.8) is 0 Å². The molecule has 3 aromatic rings. The van der Waals surface area contributed by atoms with Gasteiger partial charge in [0.2, 0.25) is 6.41 Å². The molecule has 0 bridgehead atoms. The van der Waals surface area contributed by atoms with Crippen molar-refractivity contribution in [3.05, 3.63) is 107 Å². The lowest BCUT2D eigenvalue weighted by molar-refractivity contribution is -0.106. The predicted molar refractivity (Wildman–Crippen MR) is 161 cm³/mol. The molecule has 6 nitrogen and oxygen atoms in total. The normalized spacial score (nSPS) is 13.9. The van der Waals surface area contributed by atoms with Gasteiger partial charge in [0.15, 0.2) is 0 Å². The zero-order valence-electron chi connectivity index (χ0n) is 23.0. The smallest absolute Gasteiger partial charge is 0.234 e. The summed E-state index contributed by atoms with van der Waals surface area (Å²) in [6.45, 7) is 8.90. The third kappa shape index (κ3) is 6.17. The number of nitrogens with zero attached hydrogens (tertiary/aromatic N) is 3. The Hall–Kier alpha value is -4.45. The summed E-state index contributed by atoms with van der Waals surface area (Å²) in [5.74, 6) is 2.02. The number of aliphatic imine (C=N–C) groups is 2. The van der Waals surface area contributed by atoms with Crippen molar-refractivity contribution in [2.75, 3.05) is 12.0 Å². The monoisotopic (exact) mass is 520 g/mol. The molecule has 1 aliphatic heterocycles. The quantitative estimate of drug-likeness (QED) is 0.167. The van der Waals surface area contributed by atoms with Gasteiger partial charge in [0.1, 0.15) is 17.4 Å². The topological polar surface area (TPSA) is 80.3 Å². The van der Waals surface area contributed by atoms with Crippen LogP contribution in [-0.4, -0.2) is 25.2 Å². The molecule has 0 saturated carbocycles. The Morgan fingerprint density at radius 1 is 1.05 bits per heavy atom. The number of allylic oxidation sites excluding steroid dienone is 2. The lowest BCUT2D eigenvalue weighted by Crippen LogP contribution is -2.34. The fourth-order valence-corrected chi connectivity index (χ4v) is 4.85. The zero-order chi connectivity index (χ0) is 27.8. The summed E-state index contributed by atoms with van der Waals surface area (Å²) in [6, 6.07) is 24.2. The zero-order valence-corrected chi connectivity index (χ0v) is 23.0. The van der Waals surface area contributed by atoms with Crippen LogP contribution in [-0.2, 0) is 11.2 Å². The molecule has 1 heterocycles. The van der Waals surface area contributed by atoms with Crippen LogP contribution in [0.4, 0.5) is 5.69 Å². The minimum atomic E-state index is 0.206. The van der Waals surface area contributed by atoms with E-state index in [1.165, 1.54) is 5.56 Å². The molecule has 0 atom stereocenters. The summed E-state index contributed by atoms with van der Waals surface area (Å²) >= 11 is 0. The van der Waals surface area contributed by atoms with Crippen molar-refractivity contribution < 1.29 is 9.53 Å². The number of hydrogen-bond acceptors (Lipinski definition) is 4. The molecule has 0 aliphatic carbocycles. The first kappa shape index (κ1) is 27.6. The maximum Gasteiger partial charge on any atom is 0.234 e. The third-order valence-electron chi connectivity index (χ3n) is 6.94. The summed E-state index contributed by atoms with van der Waals surface area (Å²) in [5, 5.41) is 0. The van der Waals surface area contributed by atoms with Crippen LogP contribution in [0.15, 0.2) is 106 Å². The van der Waals surface area contributed by atoms with E-state index in [0.717, 1.165) is 83.0 Å². The van der Waals surface area contributed by atoms with Crippen molar-refractivity contribution in [1.29, 1.82) is 0 Å². The van der Waals surface area contributed by atoms with Gasteiger partial charge in [-0.3, -0.25) is 9.69 Å². The largest absolute Gasteiger partial charge is 0.497 e. The van der Waals surface area contributed by atoms with Gasteiger partial charge in [-0.1, -0.05) is 75.4 Å². The van der Waals surface area contributed by atoms with Gasteiger partial charge in [-0.2, -0.15) is 4.99 Å². The fourth-order valence-electron chi connectivity index (χ4n) is 4.85. The van der Waals surface area contributed by atoms with E-state index in [4.69, 9.17) is 15.5 Å². The third-order valence-corrected chi connectivity index (χ3v) is 6.94. The first-order valence-electron chi connectivity index (χ1n) is 13.4. The molecule has 0 saturated heterocycles. The number of hydrogen-bond donors (Lipinski definition) is 1. The SMILES string of the molecule is C=C1C(Cc2ccc(-c3ccccc3C(N)=NC=O)cc2)=C(CCCC)N=C(CC)N1c1ccc(OC)cc1. The van der Waals surface area contributed by atoms with Gasteiger partial charge in [-0.15, -0.1) is 0 Å². The van der Waals surface area contributed by atoms with Gasteiger partial charge in [0, 0.05) is 41.1 Å². The highest BCUT2D eigenvalue weighted by Gasteiger charge is 2.26. The van der Waals surface area contributed by atoms with Gasteiger partial charge in [0.25, 0.3) is 0 Å². The number of unbranched alkanes of at least 4 members (excludes halogenated alkanes) is 1. The van der Waals surface area contributed by atoms with Gasteiger partial charge >= 0.3 is 0 Å². The van der Waals surface area contributed by atoms with Crippen molar-refractivity contribution in [3.8, 4) is 16.9 Å². The molecule has 0 spiro atoms. The van der Waals surface area contributed by atoms with E-state index in [0.29, 0.717) is 6.41 Å². The van der Waals surface area contributed by atoms with E-state index < -0.39 is 0 Å². The lowest BCUT2D eigenvalue weighted by Gasteiger charge is -2.34. The minimum absolute atomic E-state index is 0.206. The Bertz CT molecular complexity index is 1420. The van der Waals surface area contributed by atoms with Crippen molar-refractivity contribution >= 4 is 23.8 Å². The molecule has 1 aliphatic rings. The average molecular weight is 521 g/mol. The first-order valence-corrected chi connectivity index (χ1v) is 13.4. The number of methoxy groups -OCH3 is 1. The minimum Gasteiger partial charge on any atom is -0.497 e.